The number of aryl methyl sites for hydroxylation is 1. The number of hydrogen-bond donors (Lipinski definition) is 1. The van der Waals surface area contributed by atoms with E-state index >= 15 is 0 Å². The molecule has 0 radical (unpaired) electrons. The maximum Gasteiger partial charge on any atom is 0.401 e. The largest absolute Gasteiger partial charge is 0.401 e. The minimum absolute atomic E-state index is 0.442. The zero-order valence-electron chi connectivity index (χ0n) is 11.6. The van der Waals surface area contributed by atoms with Crippen LogP contribution >= 0.6 is 0 Å². The van der Waals surface area contributed by atoms with Gasteiger partial charge in [-0.25, -0.2) is 0 Å². The Morgan fingerprint density at radius 1 is 1.15 bits per heavy atom. The Bertz CT molecular complexity index is 451. The molecule has 1 aromatic carbocycles. The molecule has 1 heterocycles. The van der Waals surface area contributed by atoms with Gasteiger partial charge < -0.3 is 10.6 Å². The molecular formula is C14H20F3N3. The number of piperazine rings is 1. The summed E-state index contributed by atoms with van der Waals surface area (Å²) in [5.74, 6) is 0. The van der Waals surface area contributed by atoms with E-state index in [-0.39, 0.29) is 0 Å². The number of anilines is 1. The molecule has 0 atom stereocenters. The molecule has 0 spiro atoms. The summed E-state index contributed by atoms with van der Waals surface area (Å²) in [6, 6.07) is 6.03. The van der Waals surface area contributed by atoms with Crippen LogP contribution in [0.3, 0.4) is 0 Å². The van der Waals surface area contributed by atoms with E-state index in [0.29, 0.717) is 32.7 Å². The molecule has 3 nitrogen and oxygen atoms in total. The Hall–Kier alpha value is -1.27. The molecule has 2 N–H and O–H groups in total. The molecule has 6 heteroatoms. The van der Waals surface area contributed by atoms with Crippen LogP contribution in [0.15, 0.2) is 18.2 Å². The lowest BCUT2D eigenvalue weighted by atomic mass is 10.1. The van der Waals surface area contributed by atoms with E-state index in [2.05, 4.69) is 4.90 Å². The van der Waals surface area contributed by atoms with Crippen LogP contribution in [-0.4, -0.2) is 43.8 Å². The Labute approximate surface area is 117 Å². The third-order valence-corrected chi connectivity index (χ3v) is 3.61. The van der Waals surface area contributed by atoms with Gasteiger partial charge in [-0.2, -0.15) is 13.2 Å². The molecule has 20 heavy (non-hydrogen) atoms. The van der Waals surface area contributed by atoms with Gasteiger partial charge >= 0.3 is 6.18 Å². The number of benzene rings is 1. The summed E-state index contributed by atoms with van der Waals surface area (Å²) in [4.78, 5) is 3.60. The molecule has 1 aliphatic heterocycles. The van der Waals surface area contributed by atoms with Crippen LogP contribution in [0.1, 0.15) is 11.1 Å². The molecular weight excluding hydrogens is 267 g/mol. The summed E-state index contributed by atoms with van der Waals surface area (Å²) in [6.45, 7) is 3.83. The van der Waals surface area contributed by atoms with E-state index in [1.165, 1.54) is 4.90 Å². The fraction of sp³-hybridized carbons (Fsp3) is 0.571. The fourth-order valence-corrected chi connectivity index (χ4v) is 2.60. The molecule has 1 aliphatic rings. The smallest absolute Gasteiger partial charge is 0.369 e. The molecule has 1 saturated heterocycles. The van der Waals surface area contributed by atoms with E-state index in [1.54, 1.807) is 0 Å². The highest BCUT2D eigenvalue weighted by atomic mass is 19.4. The van der Waals surface area contributed by atoms with Gasteiger partial charge in [0.2, 0.25) is 0 Å². The summed E-state index contributed by atoms with van der Waals surface area (Å²) in [7, 11) is 0. The SMILES string of the molecule is Cc1cc(CN)ccc1N1CCN(CC(F)(F)F)CC1. The van der Waals surface area contributed by atoms with E-state index < -0.39 is 12.7 Å². The molecule has 0 unspecified atom stereocenters. The lowest BCUT2D eigenvalue weighted by Crippen LogP contribution is -2.49. The minimum Gasteiger partial charge on any atom is -0.369 e. The average Bonchev–Trinajstić information content (AvgIpc) is 2.38. The second-order valence-corrected chi connectivity index (χ2v) is 5.20. The van der Waals surface area contributed by atoms with E-state index in [1.807, 2.05) is 25.1 Å². The first-order chi connectivity index (χ1) is 9.39. The van der Waals surface area contributed by atoms with Crippen molar-refractivity contribution in [3.05, 3.63) is 29.3 Å². The van der Waals surface area contributed by atoms with Crippen LogP contribution in [0.5, 0.6) is 0 Å². The van der Waals surface area contributed by atoms with E-state index in [0.717, 1.165) is 16.8 Å². The van der Waals surface area contributed by atoms with Crippen molar-refractivity contribution < 1.29 is 13.2 Å². The fourth-order valence-electron chi connectivity index (χ4n) is 2.60. The van der Waals surface area contributed by atoms with Crippen LogP contribution in [0, 0.1) is 6.92 Å². The first-order valence-corrected chi connectivity index (χ1v) is 6.73. The molecule has 112 valence electrons. The third-order valence-electron chi connectivity index (χ3n) is 3.61. The predicted molar refractivity (Wildman–Crippen MR) is 73.8 cm³/mol. The standard InChI is InChI=1S/C14H20F3N3/c1-11-8-12(9-18)2-3-13(11)20-6-4-19(5-7-20)10-14(15,16)17/h2-3,8H,4-7,9-10,18H2,1H3. The number of rotatable bonds is 3. The summed E-state index contributed by atoms with van der Waals surface area (Å²) in [5, 5.41) is 0. The molecule has 0 saturated carbocycles. The van der Waals surface area contributed by atoms with Gasteiger partial charge in [0.25, 0.3) is 0 Å². The Morgan fingerprint density at radius 3 is 2.30 bits per heavy atom. The molecule has 0 bridgehead atoms. The predicted octanol–water partition coefficient (Wildman–Crippen LogP) is 2.14. The molecule has 0 aromatic heterocycles. The van der Waals surface area contributed by atoms with Crippen molar-refractivity contribution in [1.29, 1.82) is 0 Å². The van der Waals surface area contributed by atoms with Crippen molar-refractivity contribution in [3.63, 3.8) is 0 Å². The Balaban J connectivity index is 1.97. The van der Waals surface area contributed by atoms with E-state index in [4.69, 9.17) is 5.73 Å². The van der Waals surface area contributed by atoms with Crippen LogP contribution in [0.25, 0.3) is 0 Å². The van der Waals surface area contributed by atoms with Gasteiger partial charge in [-0.05, 0) is 24.1 Å². The van der Waals surface area contributed by atoms with Gasteiger partial charge in [-0.15, -0.1) is 0 Å². The van der Waals surface area contributed by atoms with E-state index in [9.17, 15) is 13.2 Å². The maximum absolute atomic E-state index is 12.3. The van der Waals surface area contributed by atoms with Crippen molar-refractivity contribution in [1.82, 2.24) is 4.90 Å². The van der Waals surface area contributed by atoms with Gasteiger partial charge in [0.1, 0.15) is 0 Å². The number of nitrogens with two attached hydrogens (primary N) is 1. The van der Waals surface area contributed by atoms with Gasteiger partial charge in [0.05, 0.1) is 6.54 Å². The monoisotopic (exact) mass is 287 g/mol. The van der Waals surface area contributed by atoms with Crippen molar-refractivity contribution in [2.75, 3.05) is 37.6 Å². The number of nitrogens with zero attached hydrogens (tertiary/aromatic N) is 2. The topological polar surface area (TPSA) is 32.5 Å². The number of alkyl halides is 3. The minimum atomic E-state index is -4.11. The second-order valence-electron chi connectivity index (χ2n) is 5.20. The molecule has 2 rings (SSSR count). The van der Waals surface area contributed by atoms with Crippen molar-refractivity contribution >= 4 is 5.69 Å². The first-order valence-electron chi connectivity index (χ1n) is 6.73. The number of halogens is 3. The highest BCUT2D eigenvalue weighted by Gasteiger charge is 2.32. The maximum atomic E-state index is 12.3. The lowest BCUT2D eigenvalue weighted by molar-refractivity contribution is -0.146. The first kappa shape index (κ1) is 15.1. The second kappa shape index (κ2) is 6.01. The average molecular weight is 287 g/mol. The summed E-state index contributed by atoms with van der Waals surface area (Å²) >= 11 is 0. The lowest BCUT2D eigenvalue weighted by Gasteiger charge is -2.37. The number of hydrogen-bond acceptors (Lipinski definition) is 3. The Kier molecular flexibility index (Phi) is 4.55. The third kappa shape index (κ3) is 3.86. The quantitative estimate of drug-likeness (QED) is 0.924. The molecule has 0 amide bonds. The summed E-state index contributed by atoms with van der Waals surface area (Å²) in [5.41, 5.74) is 8.88. The molecule has 0 aliphatic carbocycles. The van der Waals surface area contributed by atoms with Gasteiger partial charge in [0.15, 0.2) is 0 Å². The van der Waals surface area contributed by atoms with Crippen LogP contribution in [0.4, 0.5) is 18.9 Å². The van der Waals surface area contributed by atoms with Crippen LogP contribution < -0.4 is 10.6 Å². The van der Waals surface area contributed by atoms with Crippen LogP contribution in [-0.2, 0) is 6.54 Å². The molecule has 1 fully saturated rings. The summed E-state index contributed by atoms with van der Waals surface area (Å²) in [6.07, 6.45) is -4.11. The van der Waals surface area contributed by atoms with Crippen molar-refractivity contribution in [2.24, 2.45) is 5.73 Å². The zero-order chi connectivity index (χ0) is 14.8. The van der Waals surface area contributed by atoms with Crippen LogP contribution in [0.2, 0.25) is 0 Å². The molecule has 1 aromatic rings. The van der Waals surface area contributed by atoms with Gasteiger partial charge in [0, 0.05) is 38.4 Å². The highest BCUT2D eigenvalue weighted by Crippen LogP contribution is 2.24. The summed E-state index contributed by atoms with van der Waals surface area (Å²) < 4.78 is 37.0. The highest BCUT2D eigenvalue weighted by molar-refractivity contribution is 5.54. The van der Waals surface area contributed by atoms with Crippen molar-refractivity contribution in [2.45, 2.75) is 19.6 Å². The zero-order valence-corrected chi connectivity index (χ0v) is 11.6. The Morgan fingerprint density at radius 2 is 1.80 bits per heavy atom. The van der Waals surface area contributed by atoms with Gasteiger partial charge in [-0.1, -0.05) is 12.1 Å². The normalized spacial score (nSPS) is 17.6. The van der Waals surface area contributed by atoms with Crippen molar-refractivity contribution in [3.8, 4) is 0 Å². The van der Waals surface area contributed by atoms with Gasteiger partial charge in [-0.3, -0.25) is 4.90 Å².